The molecule has 1 aliphatic rings. The number of aliphatic imine (C=N–C) groups is 1. The first-order valence-corrected chi connectivity index (χ1v) is 4.66. The zero-order chi connectivity index (χ0) is 9.10. The van der Waals surface area contributed by atoms with E-state index in [9.17, 15) is 0 Å². The maximum Gasteiger partial charge on any atom is 0.0661 e. The summed E-state index contributed by atoms with van der Waals surface area (Å²) >= 11 is 0. The number of allylic oxidation sites excluding steroid dienone is 1. The molecule has 0 spiro atoms. The van der Waals surface area contributed by atoms with Crippen molar-refractivity contribution < 1.29 is 0 Å². The van der Waals surface area contributed by atoms with Crippen LogP contribution >= 0.6 is 0 Å². The van der Waals surface area contributed by atoms with Crippen LogP contribution in [0.4, 0.5) is 0 Å². The summed E-state index contributed by atoms with van der Waals surface area (Å²) in [6.45, 7) is 2.22. The molecule has 0 N–H and O–H groups in total. The highest BCUT2D eigenvalue weighted by atomic mass is 14.7. The Morgan fingerprint density at radius 1 is 1.23 bits per heavy atom. The van der Waals surface area contributed by atoms with Crippen LogP contribution in [0.3, 0.4) is 0 Å². The van der Waals surface area contributed by atoms with Crippen LogP contribution in [0, 0.1) is 5.92 Å². The summed E-state index contributed by atoms with van der Waals surface area (Å²) in [6, 6.07) is 10.3. The van der Waals surface area contributed by atoms with Crippen molar-refractivity contribution in [1.82, 2.24) is 0 Å². The molecule has 66 valence electrons. The first-order chi connectivity index (χ1) is 6.36. The summed E-state index contributed by atoms with van der Waals surface area (Å²) in [5.74, 6) is 0.618. The smallest absolute Gasteiger partial charge is 0.0661 e. The standard InChI is InChI=1S/C12H13N/c1-10-7-8-13-12(9-10)11-5-3-2-4-6-11/h2-6,8-10H,7H2,1H3/t10-/m1/s1. The molecule has 0 unspecified atom stereocenters. The maximum absolute atomic E-state index is 4.39. The Balaban J connectivity index is 2.32. The van der Waals surface area contributed by atoms with E-state index in [2.05, 4.69) is 30.1 Å². The van der Waals surface area contributed by atoms with Gasteiger partial charge in [0.25, 0.3) is 0 Å². The minimum absolute atomic E-state index is 0.618. The zero-order valence-electron chi connectivity index (χ0n) is 7.77. The Bertz CT molecular complexity index is 335. The third-order valence-electron chi connectivity index (χ3n) is 2.22. The van der Waals surface area contributed by atoms with Crippen LogP contribution in [0.15, 0.2) is 41.4 Å². The van der Waals surface area contributed by atoms with Gasteiger partial charge >= 0.3 is 0 Å². The van der Waals surface area contributed by atoms with Gasteiger partial charge in [-0.05, 0) is 17.9 Å². The van der Waals surface area contributed by atoms with Crippen molar-refractivity contribution in [3.63, 3.8) is 0 Å². The van der Waals surface area contributed by atoms with E-state index in [1.54, 1.807) is 0 Å². The van der Waals surface area contributed by atoms with Gasteiger partial charge < -0.3 is 0 Å². The van der Waals surface area contributed by atoms with Gasteiger partial charge in [-0.2, -0.15) is 0 Å². The fourth-order valence-corrected chi connectivity index (χ4v) is 1.48. The van der Waals surface area contributed by atoms with Gasteiger partial charge in [-0.1, -0.05) is 43.3 Å². The van der Waals surface area contributed by atoms with Crippen LogP contribution in [0.5, 0.6) is 0 Å². The van der Waals surface area contributed by atoms with E-state index in [0.29, 0.717) is 5.92 Å². The molecule has 1 heterocycles. The quantitative estimate of drug-likeness (QED) is 0.615. The molecule has 0 aromatic heterocycles. The lowest BCUT2D eigenvalue weighted by Crippen LogP contribution is -1.98. The second kappa shape index (κ2) is 3.56. The third-order valence-corrected chi connectivity index (χ3v) is 2.22. The van der Waals surface area contributed by atoms with Gasteiger partial charge in [0.15, 0.2) is 0 Å². The summed E-state index contributed by atoms with van der Waals surface area (Å²) in [6.07, 6.45) is 5.30. The van der Waals surface area contributed by atoms with Crippen molar-refractivity contribution in [2.75, 3.05) is 0 Å². The summed E-state index contributed by atoms with van der Waals surface area (Å²) in [5, 5.41) is 0. The highest BCUT2D eigenvalue weighted by Crippen LogP contribution is 2.21. The third kappa shape index (κ3) is 1.86. The van der Waals surface area contributed by atoms with Gasteiger partial charge in [0.1, 0.15) is 0 Å². The van der Waals surface area contributed by atoms with Crippen LogP contribution in [0.25, 0.3) is 5.70 Å². The summed E-state index contributed by atoms with van der Waals surface area (Å²) < 4.78 is 0. The van der Waals surface area contributed by atoms with Crippen molar-refractivity contribution in [3.8, 4) is 0 Å². The molecule has 1 aromatic rings. The van der Waals surface area contributed by atoms with Crippen molar-refractivity contribution in [3.05, 3.63) is 42.0 Å². The SMILES string of the molecule is C[C@H]1C=C(c2ccccc2)N=CC1. The maximum atomic E-state index is 4.39. The molecule has 1 aromatic carbocycles. The number of hydrogen-bond donors (Lipinski definition) is 0. The monoisotopic (exact) mass is 171 g/mol. The Morgan fingerprint density at radius 2 is 2.00 bits per heavy atom. The van der Waals surface area contributed by atoms with Crippen molar-refractivity contribution in [2.45, 2.75) is 13.3 Å². The average Bonchev–Trinajstić information content (AvgIpc) is 2.19. The Hall–Kier alpha value is -1.37. The minimum Gasteiger partial charge on any atom is -0.261 e. The lowest BCUT2D eigenvalue weighted by atomic mass is 10.0. The molecule has 0 saturated carbocycles. The van der Waals surface area contributed by atoms with Crippen LogP contribution in [-0.4, -0.2) is 6.21 Å². The van der Waals surface area contributed by atoms with Crippen LogP contribution in [0.1, 0.15) is 18.9 Å². The van der Waals surface area contributed by atoms with Crippen LogP contribution < -0.4 is 0 Å². The number of hydrogen-bond acceptors (Lipinski definition) is 1. The molecule has 1 aliphatic heterocycles. The Kier molecular flexibility index (Phi) is 2.26. The molecular weight excluding hydrogens is 158 g/mol. The fourth-order valence-electron chi connectivity index (χ4n) is 1.48. The lowest BCUT2D eigenvalue weighted by Gasteiger charge is -2.11. The van der Waals surface area contributed by atoms with E-state index in [4.69, 9.17) is 0 Å². The highest BCUT2D eigenvalue weighted by Gasteiger charge is 2.06. The van der Waals surface area contributed by atoms with E-state index in [0.717, 1.165) is 12.1 Å². The molecule has 0 saturated heterocycles. The number of rotatable bonds is 1. The molecule has 13 heavy (non-hydrogen) atoms. The van der Waals surface area contributed by atoms with E-state index in [-0.39, 0.29) is 0 Å². The average molecular weight is 171 g/mol. The van der Waals surface area contributed by atoms with Gasteiger partial charge in [0, 0.05) is 6.21 Å². The van der Waals surface area contributed by atoms with Gasteiger partial charge in [0.05, 0.1) is 5.70 Å². The lowest BCUT2D eigenvalue weighted by molar-refractivity contribution is 0.769. The molecule has 2 rings (SSSR count). The van der Waals surface area contributed by atoms with Gasteiger partial charge in [0.2, 0.25) is 0 Å². The molecule has 1 heteroatoms. The summed E-state index contributed by atoms with van der Waals surface area (Å²) in [4.78, 5) is 4.39. The second-order valence-corrected chi connectivity index (χ2v) is 3.44. The summed E-state index contributed by atoms with van der Waals surface area (Å²) in [5.41, 5.74) is 2.32. The number of benzene rings is 1. The largest absolute Gasteiger partial charge is 0.261 e. The van der Waals surface area contributed by atoms with Crippen molar-refractivity contribution in [2.24, 2.45) is 10.9 Å². The van der Waals surface area contributed by atoms with E-state index in [1.807, 2.05) is 24.4 Å². The normalized spacial score (nSPS) is 21.3. The second-order valence-electron chi connectivity index (χ2n) is 3.44. The minimum atomic E-state index is 0.618. The van der Waals surface area contributed by atoms with Crippen LogP contribution in [0.2, 0.25) is 0 Å². The van der Waals surface area contributed by atoms with Gasteiger partial charge in [-0.15, -0.1) is 0 Å². The van der Waals surface area contributed by atoms with Crippen LogP contribution in [-0.2, 0) is 0 Å². The van der Waals surface area contributed by atoms with E-state index in [1.165, 1.54) is 5.56 Å². The Morgan fingerprint density at radius 3 is 2.69 bits per heavy atom. The van der Waals surface area contributed by atoms with Crippen molar-refractivity contribution >= 4 is 11.9 Å². The van der Waals surface area contributed by atoms with E-state index >= 15 is 0 Å². The molecular formula is C12H13N. The topological polar surface area (TPSA) is 12.4 Å². The molecule has 0 radical (unpaired) electrons. The fraction of sp³-hybridized carbons (Fsp3) is 0.250. The molecule has 1 nitrogen and oxygen atoms in total. The predicted molar refractivity (Wildman–Crippen MR) is 56.7 cm³/mol. The molecule has 0 fully saturated rings. The molecule has 0 amide bonds. The first kappa shape index (κ1) is 8.24. The molecule has 0 bridgehead atoms. The molecule has 0 aliphatic carbocycles. The first-order valence-electron chi connectivity index (χ1n) is 4.66. The number of nitrogens with zero attached hydrogens (tertiary/aromatic N) is 1. The molecule has 1 atom stereocenters. The van der Waals surface area contributed by atoms with Crippen molar-refractivity contribution in [1.29, 1.82) is 0 Å². The highest BCUT2D eigenvalue weighted by molar-refractivity contribution is 5.76. The Labute approximate surface area is 78.8 Å². The summed E-state index contributed by atoms with van der Waals surface area (Å²) in [7, 11) is 0. The zero-order valence-corrected chi connectivity index (χ0v) is 7.77. The van der Waals surface area contributed by atoms with E-state index < -0.39 is 0 Å². The predicted octanol–water partition coefficient (Wildman–Crippen LogP) is 3.14. The van der Waals surface area contributed by atoms with Gasteiger partial charge in [-0.25, -0.2) is 0 Å². The van der Waals surface area contributed by atoms with Gasteiger partial charge in [-0.3, -0.25) is 4.99 Å².